The van der Waals surface area contributed by atoms with Crippen LogP contribution in [0.4, 0.5) is 8.78 Å². The second kappa shape index (κ2) is 5.92. The lowest BCUT2D eigenvalue weighted by Gasteiger charge is -2.14. The van der Waals surface area contributed by atoms with E-state index in [2.05, 4.69) is 10.3 Å². The molecule has 0 saturated carbocycles. The van der Waals surface area contributed by atoms with E-state index in [0.29, 0.717) is 15.8 Å². The van der Waals surface area contributed by atoms with Gasteiger partial charge in [-0.25, -0.2) is 8.78 Å². The monoisotopic (exact) mass is 294 g/mol. The molecule has 2 aromatic rings. The van der Waals surface area contributed by atoms with Crippen LogP contribution in [0.25, 0.3) is 0 Å². The Bertz CT molecular complexity index is 700. The van der Waals surface area contributed by atoms with E-state index in [1.54, 1.807) is 25.3 Å². The van der Waals surface area contributed by atoms with E-state index in [1.807, 2.05) is 0 Å². The summed E-state index contributed by atoms with van der Waals surface area (Å²) in [5.41, 5.74) is 0.806. The first kappa shape index (κ1) is 14.3. The van der Waals surface area contributed by atoms with Crippen LogP contribution in [-0.2, 0) is 0 Å². The van der Waals surface area contributed by atoms with Crippen molar-refractivity contribution in [1.82, 2.24) is 10.3 Å². The molecule has 0 aliphatic heterocycles. The molecule has 0 bridgehead atoms. The summed E-state index contributed by atoms with van der Waals surface area (Å²) in [6.45, 7) is 1.68. The summed E-state index contributed by atoms with van der Waals surface area (Å²) >= 11 is 5.01. The summed E-state index contributed by atoms with van der Waals surface area (Å²) in [6, 6.07) is 6.30. The Labute approximate surface area is 119 Å². The van der Waals surface area contributed by atoms with E-state index >= 15 is 0 Å². The Hall–Kier alpha value is -2.08. The minimum Gasteiger partial charge on any atom is -0.352 e. The van der Waals surface area contributed by atoms with Crippen LogP contribution in [0.1, 0.15) is 28.9 Å². The van der Waals surface area contributed by atoms with Crippen LogP contribution in [0, 0.1) is 16.3 Å². The number of rotatable bonds is 3. The number of carbonyl (C=O) groups excluding carboxylic acids is 1. The molecule has 20 heavy (non-hydrogen) atoms. The van der Waals surface area contributed by atoms with Gasteiger partial charge in [-0.2, -0.15) is 0 Å². The number of carbonyl (C=O) groups is 1. The first-order valence-electron chi connectivity index (χ1n) is 5.92. The first-order valence-corrected chi connectivity index (χ1v) is 6.33. The third-order valence-electron chi connectivity index (χ3n) is 2.85. The molecule has 0 fully saturated rings. The molecule has 104 valence electrons. The molecule has 1 atom stereocenters. The normalized spacial score (nSPS) is 11.9. The van der Waals surface area contributed by atoms with Crippen LogP contribution in [0.5, 0.6) is 0 Å². The van der Waals surface area contributed by atoms with Gasteiger partial charge >= 0.3 is 0 Å². The van der Waals surface area contributed by atoms with Crippen molar-refractivity contribution in [2.24, 2.45) is 0 Å². The molecule has 2 rings (SSSR count). The Morgan fingerprint density at radius 3 is 2.70 bits per heavy atom. The number of halogens is 2. The molecule has 6 heteroatoms. The molecule has 0 aliphatic carbocycles. The van der Waals surface area contributed by atoms with Crippen molar-refractivity contribution in [3.05, 3.63) is 63.9 Å². The molecule has 1 aromatic heterocycles. The summed E-state index contributed by atoms with van der Waals surface area (Å²) in [5.74, 6) is -2.23. The fourth-order valence-corrected chi connectivity index (χ4v) is 1.97. The van der Waals surface area contributed by atoms with Gasteiger partial charge in [0.1, 0.15) is 4.64 Å². The largest absolute Gasteiger partial charge is 0.352 e. The summed E-state index contributed by atoms with van der Waals surface area (Å²) in [5, 5.41) is 2.69. The van der Waals surface area contributed by atoms with Gasteiger partial charge in [0.2, 0.25) is 0 Å². The lowest BCUT2D eigenvalue weighted by atomic mass is 10.1. The average molecular weight is 294 g/mol. The molecule has 3 nitrogen and oxygen atoms in total. The molecule has 0 aliphatic rings. The maximum atomic E-state index is 13.2. The van der Waals surface area contributed by atoms with Crippen LogP contribution in [0.15, 0.2) is 36.5 Å². The molecular formula is C14H12F2N2OS. The Kier molecular flexibility index (Phi) is 4.24. The van der Waals surface area contributed by atoms with Crippen molar-refractivity contribution in [3.63, 3.8) is 0 Å². The number of hydrogen-bond acceptors (Lipinski definition) is 2. The lowest BCUT2D eigenvalue weighted by molar-refractivity contribution is 0.0939. The van der Waals surface area contributed by atoms with E-state index in [0.717, 1.165) is 12.1 Å². The zero-order chi connectivity index (χ0) is 14.7. The quantitative estimate of drug-likeness (QED) is 0.851. The second-order valence-electron chi connectivity index (χ2n) is 4.28. The number of amides is 1. The van der Waals surface area contributed by atoms with Crippen molar-refractivity contribution in [2.45, 2.75) is 13.0 Å². The van der Waals surface area contributed by atoms with Gasteiger partial charge in [0.05, 0.1) is 11.6 Å². The van der Waals surface area contributed by atoms with Crippen molar-refractivity contribution >= 4 is 18.1 Å². The van der Waals surface area contributed by atoms with Crippen molar-refractivity contribution < 1.29 is 13.6 Å². The van der Waals surface area contributed by atoms with E-state index in [4.69, 9.17) is 12.2 Å². The van der Waals surface area contributed by atoms with Gasteiger partial charge in [-0.05, 0) is 36.8 Å². The van der Waals surface area contributed by atoms with Crippen molar-refractivity contribution in [2.75, 3.05) is 0 Å². The molecule has 0 unspecified atom stereocenters. The summed E-state index contributed by atoms with van der Waals surface area (Å²) < 4.78 is 26.3. The van der Waals surface area contributed by atoms with Gasteiger partial charge in [-0.15, -0.1) is 0 Å². The molecule has 1 heterocycles. The summed E-state index contributed by atoms with van der Waals surface area (Å²) in [7, 11) is 0. The molecule has 0 radical (unpaired) electrons. The number of pyridine rings is 1. The Balaban J connectivity index is 2.17. The Morgan fingerprint density at radius 2 is 2.05 bits per heavy atom. The van der Waals surface area contributed by atoms with Crippen LogP contribution >= 0.6 is 12.2 Å². The third kappa shape index (κ3) is 3.08. The van der Waals surface area contributed by atoms with Crippen molar-refractivity contribution in [3.8, 4) is 0 Å². The summed E-state index contributed by atoms with van der Waals surface area (Å²) in [6.07, 6.45) is 1.62. The van der Waals surface area contributed by atoms with Gasteiger partial charge in [0.15, 0.2) is 11.6 Å². The number of hydrogen-bond donors (Lipinski definition) is 2. The van der Waals surface area contributed by atoms with Crippen LogP contribution < -0.4 is 5.32 Å². The molecule has 1 amide bonds. The highest BCUT2D eigenvalue weighted by Crippen LogP contribution is 2.16. The smallest absolute Gasteiger partial charge is 0.254 e. The average Bonchev–Trinajstić information content (AvgIpc) is 2.42. The predicted octanol–water partition coefficient (Wildman–Crippen LogP) is 3.51. The van der Waals surface area contributed by atoms with Crippen LogP contribution in [-0.4, -0.2) is 10.9 Å². The zero-order valence-corrected chi connectivity index (χ0v) is 11.4. The maximum Gasteiger partial charge on any atom is 0.254 e. The van der Waals surface area contributed by atoms with E-state index in [1.165, 1.54) is 6.07 Å². The minimum absolute atomic E-state index is 0.322. The molecule has 0 spiro atoms. The SMILES string of the molecule is C[C@H](NC(=O)c1ccc[nH]c1=S)c1ccc(F)c(F)c1. The van der Waals surface area contributed by atoms with Crippen LogP contribution in [0.3, 0.4) is 0 Å². The van der Waals surface area contributed by atoms with Gasteiger partial charge in [-0.1, -0.05) is 18.3 Å². The van der Waals surface area contributed by atoms with E-state index < -0.39 is 17.7 Å². The molecule has 0 saturated heterocycles. The number of aromatic amines is 1. The topological polar surface area (TPSA) is 44.9 Å². The molecule has 1 aromatic carbocycles. The maximum absolute atomic E-state index is 13.2. The number of H-pyrrole nitrogens is 1. The second-order valence-corrected chi connectivity index (χ2v) is 4.69. The summed E-state index contributed by atoms with van der Waals surface area (Å²) in [4.78, 5) is 14.8. The zero-order valence-electron chi connectivity index (χ0n) is 10.6. The predicted molar refractivity (Wildman–Crippen MR) is 73.9 cm³/mol. The highest BCUT2D eigenvalue weighted by molar-refractivity contribution is 7.71. The van der Waals surface area contributed by atoms with Gasteiger partial charge in [0, 0.05) is 6.20 Å². The van der Waals surface area contributed by atoms with Gasteiger partial charge in [0.25, 0.3) is 5.91 Å². The minimum atomic E-state index is -0.944. The van der Waals surface area contributed by atoms with Crippen LogP contribution in [0.2, 0.25) is 0 Å². The molecular weight excluding hydrogens is 282 g/mol. The number of benzene rings is 1. The number of aromatic nitrogens is 1. The first-order chi connectivity index (χ1) is 9.49. The van der Waals surface area contributed by atoms with Gasteiger partial charge in [-0.3, -0.25) is 4.79 Å². The van der Waals surface area contributed by atoms with Crippen molar-refractivity contribution in [1.29, 1.82) is 0 Å². The third-order valence-corrected chi connectivity index (χ3v) is 3.19. The van der Waals surface area contributed by atoms with Gasteiger partial charge < -0.3 is 10.3 Å². The standard InChI is InChI=1S/C14H12F2N2OS/c1-8(9-4-5-11(15)12(16)7-9)18-13(19)10-3-2-6-17-14(10)20/h2-8H,1H3,(H,17,20)(H,18,19)/t8-/m0/s1. The fraction of sp³-hybridized carbons (Fsp3) is 0.143. The van der Waals surface area contributed by atoms with E-state index in [-0.39, 0.29) is 5.91 Å². The fourth-order valence-electron chi connectivity index (χ4n) is 1.74. The highest BCUT2D eigenvalue weighted by Gasteiger charge is 2.14. The Morgan fingerprint density at radius 1 is 1.30 bits per heavy atom. The van der Waals surface area contributed by atoms with E-state index in [9.17, 15) is 13.6 Å². The highest BCUT2D eigenvalue weighted by atomic mass is 32.1. The molecule has 2 N–H and O–H groups in total. The lowest BCUT2D eigenvalue weighted by Crippen LogP contribution is -2.27. The number of nitrogens with one attached hydrogen (secondary N) is 2.